The molecule has 2 heteroatoms. The molecule has 3 atom stereocenters. The zero-order valence-electron chi connectivity index (χ0n) is 10.4. The van der Waals surface area contributed by atoms with Gasteiger partial charge in [-0.2, -0.15) is 0 Å². The van der Waals surface area contributed by atoms with Crippen LogP contribution < -0.4 is 5.32 Å². The van der Waals surface area contributed by atoms with Gasteiger partial charge >= 0.3 is 0 Å². The fraction of sp³-hybridized carbons (Fsp3) is 0.571. The lowest BCUT2D eigenvalue weighted by Gasteiger charge is -2.31. The van der Waals surface area contributed by atoms with Crippen LogP contribution in [0.1, 0.15) is 45.2 Å². The Morgan fingerprint density at radius 2 is 2.19 bits per heavy atom. The summed E-state index contributed by atoms with van der Waals surface area (Å²) in [5.41, 5.74) is 1.49. The van der Waals surface area contributed by atoms with Crippen molar-refractivity contribution in [2.24, 2.45) is 0 Å². The first-order valence-electron chi connectivity index (χ1n) is 6.22. The number of hydrogen-bond acceptors (Lipinski definition) is 2. The van der Waals surface area contributed by atoms with Gasteiger partial charge in [-0.1, -0.05) is 32.0 Å². The minimum absolute atomic E-state index is 0.544. The predicted molar refractivity (Wildman–Crippen MR) is 72.0 cm³/mol. The largest absolute Gasteiger partial charge is 0.307 e. The van der Waals surface area contributed by atoms with Crippen molar-refractivity contribution in [2.45, 2.75) is 55.8 Å². The molecule has 1 aromatic carbocycles. The van der Waals surface area contributed by atoms with E-state index in [9.17, 15) is 0 Å². The van der Waals surface area contributed by atoms with Gasteiger partial charge in [0.1, 0.15) is 0 Å². The summed E-state index contributed by atoms with van der Waals surface area (Å²) in [7, 11) is 0. The third kappa shape index (κ3) is 2.61. The molecule has 88 valence electrons. The lowest BCUT2D eigenvalue weighted by molar-refractivity contribution is 0.418. The van der Waals surface area contributed by atoms with Crippen molar-refractivity contribution < 1.29 is 0 Å². The second-order valence-electron chi connectivity index (χ2n) is 4.73. The number of fused-ring (bicyclic) bond motifs is 1. The molecule has 1 N–H and O–H groups in total. The van der Waals surface area contributed by atoms with Crippen molar-refractivity contribution in [3.63, 3.8) is 0 Å². The average Bonchev–Trinajstić information content (AvgIpc) is 2.28. The summed E-state index contributed by atoms with van der Waals surface area (Å²) < 4.78 is 0. The second-order valence-corrected chi connectivity index (χ2v) is 6.21. The molecule has 0 spiro atoms. The summed E-state index contributed by atoms with van der Waals surface area (Å²) in [5.74, 6) is 0. The van der Waals surface area contributed by atoms with E-state index in [1.54, 1.807) is 0 Å². The second kappa shape index (κ2) is 5.24. The van der Waals surface area contributed by atoms with Crippen LogP contribution in [0.3, 0.4) is 0 Å². The molecule has 16 heavy (non-hydrogen) atoms. The van der Waals surface area contributed by atoms with Crippen LogP contribution in [-0.4, -0.2) is 11.3 Å². The van der Waals surface area contributed by atoms with Crippen molar-refractivity contribution in [1.82, 2.24) is 5.32 Å². The van der Waals surface area contributed by atoms with E-state index in [2.05, 4.69) is 50.4 Å². The van der Waals surface area contributed by atoms with E-state index in [0.717, 1.165) is 5.25 Å². The van der Waals surface area contributed by atoms with Crippen molar-refractivity contribution in [3.05, 3.63) is 29.8 Å². The summed E-state index contributed by atoms with van der Waals surface area (Å²) in [6, 6.07) is 9.97. The molecule has 3 unspecified atom stereocenters. The Hall–Kier alpha value is -0.470. The molecule has 0 radical (unpaired) electrons. The number of rotatable bonds is 3. The third-order valence-corrected chi connectivity index (χ3v) is 4.51. The molecule has 0 saturated heterocycles. The van der Waals surface area contributed by atoms with Gasteiger partial charge in [-0.15, -0.1) is 11.8 Å². The first-order valence-corrected chi connectivity index (χ1v) is 7.10. The number of thioether (sulfide) groups is 1. The lowest BCUT2D eigenvalue weighted by atomic mass is 10.00. The number of nitrogens with one attached hydrogen (secondary N) is 1. The molecule has 0 saturated carbocycles. The van der Waals surface area contributed by atoms with Crippen molar-refractivity contribution >= 4 is 11.8 Å². The summed E-state index contributed by atoms with van der Waals surface area (Å²) >= 11 is 2.01. The molecule has 1 nitrogen and oxygen atoms in total. The van der Waals surface area contributed by atoms with Gasteiger partial charge in [-0.25, -0.2) is 0 Å². The van der Waals surface area contributed by atoms with E-state index in [0.29, 0.717) is 12.1 Å². The Morgan fingerprint density at radius 1 is 1.44 bits per heavy atom. The minimum atomic E-state index is 0.544. The molecule has 1 aliphatic heterocycles. The Bertz CT molecular complexity index is 350. The highest BCUT2D eigenvalue weighted by Gasteiger charge is 2.25. The first-order chi connectivity index (χ1) is 7.70. The van der Waals surface area contributed by atoms with Gasteiger partial charge in [0.2, 0.25) is 0 Å². The molecular weight excluding hydrogens is 214 g/mol. The highest BCUT2D eigenvalue weighted by atomic mass is 32.2. The van der Waals surface area contributed by atoms with Crippen molar-refractivity contribution in [1.29, 1.82) is 0 Å². The topological polar surface area (TPSA) is 12.0 Å². The predicted octanol–water partition coefficient (Wildman–Crippen LogP) is 4.00. The monoisotopic (exact) mass is 235 g/mol. The van der Waals surface area contributed by atoms with Gasteiger partial charge in [0, 0.05) is 22.2 Å². The molecule has 0 aromatic heterocycles. The molecule has 0 bridgehead atoms. The fourth-order valence-electron chi connectivity index (χ4n) is 2.22. The highest BCUT2D eigenvalue weighted by Crippen LogP contribution is 2.40. The third-order valence-electron chi connectivity index (χ3n) is 3.29. The SMILES string of the molecule is CCC(C)NC1CC(C)Sc2ccccc21. The van der Waals surface area contributed by atoms with Crippen molar-refractivity contribution in [2.75, 3.05) is 0 Å². The molecule has 1 heterocycles. The molecule has 0 amide bonds. The molecule has 1 aliphatic rings. The van der Waals surface area contributed by atoms with E-state index < -0.39 is 0 Å². The Morgan fingerprint density at radius 3 is 2.94 bits per heavy atom. The van der Waals surface area contributed by atoms with E-state index in [1.165, 1.54) is 23.3 Å². The normalized spacial score (nSPS) is 26.2. The van der Waals surface area contributed by atoms with E-state index in [-0.39, 0.29) is 0 Å². The maximum atomic E-state index is 3.74. The van der Waals surface area contributed by atoms with Crippen LogP contribution in [0.2, 0.25) is 0 Å². The van der Waals surface area contributed by atoms with E-state index in [1.807, 2.05) is 11.8 Å². The lowest BCUT2D eigenvalue weighted by Crippen LogP contribution is -2.33. The number of benzene rings is 1. The summed E-state index contributed by atoms with van der Waals surface area (Å²) in [4.78, 5) is 1.46. The summed E-state index contributed by atoms with van der Waals surface area (Å²) in [6.45, 7) is 6.84. The zero-order valence-corrected chi connectivity index (χ0v) is 11.2. The van der Waals surface area contributed by atoms with Gasteiger partial charge < -0.3 is 5.32 Å². The van der Waals surface area contributed by atoms with Crippen LogP contribution in [0.5, 0.6) is 0 Å². The van der Waals surface area contributed by atoms with Gasteiger partial charge in [0.15, 0.2) is 0 Å². The van der Waals surface area contributed by atoms with Crippen LogP contribution in [0.25, 0.3) is 0 Å². The van der Waals surface area contributed by atoms with Crippen LogP contribution in [0.15, 0.2) is 29.2 Å². The van der Waals surface area contributed by atoms with Crippen LogP contribution >= 0.6 is 11.8 Å². The summed E-state index contributed by atoms with van der Waals surface area (Å²) in [6.07, 6.45) is 2.44. The molecular formula is C14H21NS. The maximum absolute atomic E-state index is 3.74. The average molecular weight is 235 g/mol. The van der Waals surface area contributed by atoms with Gasteiger partial charge in [-0.05, 0) is 31.4 Å². The van der Waals surface area contributed by atoms with Gasteiger partial charge in [-0.3, -0.25) is 0 Å². The van der Waals surface area contributed by atoms with E-state index in [4.69, 9.17) is 0 Å². The van der Waals surface area contributed by atoms with Gasteiger partial charge in [0.25, 0.3) is 0 Å². The Balaban J connectivity index is 2.20. The highest BCUT2D eigenvalue weighted by molar-refractivity contribution is 8.00. The van der Waals surface area contributed by atoms with Crippen molar-refractivity contribution in [3.8, 4) is 0 Å². The Kier molecular flexibility index (Phi) is 3.93. The summed E-state index contributed by atoms with van der Waals surface area (Å²) in [5, 5.41) is 4.46. The number of hydrogen-bond donors (Lipinski definition) is 1. The molecule has 0 aliphatic carbocycles. The van der Waals surface area contributed by atoms with E-state index >= 15 is 0 Å². The standard InChI is InChI=1S/C14H21NS/c1-4-10(2)15-13-9-11(3)16-14-8-6-5-7-12(13)14/h5-8,10-11,13,15H,4,9H2,1-3H3. The molecule has 0 fully saturated rings. The minimum Gasteiger partial charge on any atom is -0.307 e. The van der Waals surface area contributed by atoms with Crippen LogP contribution in [0, 0.1) is 0 Å². The fourth-order valence-corrected chi connectivity index (χ4v) is 3.44. The van der Waals surface area contributed by atoms with Crippen LogP contribution in [0.4, 0.5) is 0 Å². The van der Waals surface area contributed by atoms with Crippen LogP contribution in [-0.2, 0) is 0 Å². The zero-order chi connectivity index (χ0) is 11.5. The first kappa shape index (κ1) is 12.0. The smallest absolute Gasteiger partial charge is 0.0344 e. The Labute approximate surface area is 103 Å². The van der Waals surface area contributed by atoms with Gasteiger partial charge in [0.05, 0.1) is 0 Å². The molecule has 1 aromatic rings. The molecule has 2 rings (SSSR count). The maximum Gasteiger partial charge on any atom is 0.0344 e. The quantitative estimate of drug-likeness (QED) is 0.850.